The van der Waals surface area contributed by atoms with E-state index in [1.807, 2.05) is 0 Å². The highest BCUT2D eigenvalue weighted by molar-refractivity contribution is 6.23. The van der Waals surface area contributed by atoms with Crippen molar-refractivity contribution in [2.45, 2.75) is 22.5 Å². The molecule has 0 aromatic rings. The molecule has 0 heterocycles. The smallest absolute Gasteiger partial charge is 0.290 e. The fourth-order valence-electron chi connectivity index (χ4n) is 1.36. The number of rotatable bonds is 11. The van der Waals surface area contributed by atoms with Crippen molar-refractivity contribution in [3.8, 4) is 0 Å². The van der Waals surface area contributed by atoms with E-state index in [2.05, 4.69) is 9.68 Å². The largest absolute Gasteiger partial charge is 0.566 e. The number of hydrogen-bond donors (Lipinski definition) is 0. The van der Waals surface area contributed by atoms with Crippen LogP contribution in [0.1, 0.15) is 0 Å². The number of hydrogen-bond acceptors (Lipinski definition) is 14. The summed E-state index contributed by atoms with van der Waals surface area (Å²) in [6.07, 6.45) is -7.47. The summed E-state index contributed by atoms with van der Waals surface area (Å²) in [6, 6.07) is 0. The molecule has 0 saturated heterocycles. The van der Waals surface area contributed by atoms with Crippen LogP contribution in [0, 0.1) is 60.7 Å². The van der Waals surface area contributed by atoms with E-state index in [0.717, 1.165) is 0 Å². The maximum Gasteiger partial charge on any atom is 0.566 e. The fraction of sp³-hybridized carbons (Fsp3) is 1.00. The van der Waals surface area contributed by atoms with Gasteiger partial charge in [-0.1, -0.05) is 0 Å². The average Bonchev–Trinajstić information content (AvgIpc) is 2.47. The maximum absolute atomic E-state index is 10.9. The molecule has 2 unspecified atom stereocenters. The normalized spacial score (nSPS) is 13.8. The predicted molar refractivity (Wildman–Crippen MR) is 68.9 cm³/mol. The molecule has 0 saturated carbocycles. The maximum atomic E-state index is 10.9. The van der Waals surface area contributed by atoms with Crippen molar-refractivity contribution in [1.29, 1.82) is 0 Å². The van der Waals surface area contributed by atoms with Crippen LogP contribution in [0.25, 0.3) is 0 Å². The lowest BCUT2D eigenvalue weighted by molar-refractivity contribution is -0.872. The Morgan fingerprint density at radius 3 is 0.885 bits per heavy atom. The lowest BCUT2D eigenvalue weighted by Gasteiger charge is -2.26. The molecule has 0 amide bonds. The first-order chi connectivity index (χ1) is 11.6. The van der Waals surface area contributed by atoms with Crippen molar-refractivity contribution in [1.82, 2.24) is 0 Å². The van der Waals surface area contributed by atoms with E-state index in [-0.39, 0.29) is 0 Å². The van der Waals surface area contributed by atoms with E-state index in [1.54, 1.807) is 0 Å². The zero-order valence-corrected chi connectivity index (χ0v) is 12.8. The van der Waals surface area contributed by atoms with Crippen LogP contribution in [0.2, 0.25) is 0 Å². The van der Waals surface area contributed by atoms with Gasteiger partial charge in [0.15, 0.2) is 0 Å². The molecule has 22 heteroatoms. The molecule has 0 aliphatic rings. The quantitative estimate of drug-likeness (QED) is 0.126. The van der Waals surface area contributed by atoms with Crippen LogP contribution < -0.4 is 0 Å². The van der Waals surface area contributed by atoms with E-state index in [1.165, 1.54) is 0 Å². The summed E-state index contributed by atoms with van der Waals surface area (Å²) in [5.41, 5.74) is 0. The van der Waals surface area contributed by atoms with Gasteiger partial charge in [-0.05, 0) is 0 Å². The van der Waals surface area contributed by atoms with Crippen molar-refractivity contribution < 1.29 is 39.5 Å². The van der Waals surface area contributed by atoms with Gasteiger partial charge in [0, 0.05) is 0 Å². The van der Waals surface area contributed by atoms with Gasteiger partial charge in [0.2, 0.25) is 0 Å². The van der Waals surface area contributed by atoms with Gasteiger partial charge in [0.05, 0.1) is 23.2 Å². The van der Waals surface area contributed by atoms with Crippen LogP contribution in [0.4, 0.5) is 0 Å². The van der Waals surface area contributed by atoms with E-state index >= 15 is 0 Å². The Labute approximate surface area is 146 Å². The van der Waals surface area contributed by atoms with Gasteiger partial charge >= 0.3 is 22.5 Å². The Hall–Kier alpha value is -3.42. The molecular formula is C4H2Cl2N6O14. The third-order valence-corrected chi connectivity index (χ3v) is 3.40. The highest BCUT2D eigenvalue weighted by atomic mass is 35.5. The molecule has 0 aromatic carbocycles. The molecule has 0 N–H and O–H groups in total. The topological polar surface area (TPSA) is 277 Å². The third kappa shape index (κ3) is 3.97. The molecule has 0 fully saturated rings. The Balaban J connectivity index is 6.84. The summed E-state index contributed by atoms with van der Waals surface area (Å²) >= 11 is 9.96. The summed E-state index contributed by atoms with van der Waals surface area (Å²) in [5, 5.41) is 51.2. The van der Waals surface area contributed by atoms with Gasteiger partial charge < -0.3 is 0 Å². The predicted octanol–water partition coefficient (Wildman–Crippen LogP) is -0.968. The highest BCUT2D eigenvalue weighted by Crippen LogP contribution is 2.36. The second-order valence-corrected chi connectivity index (χ2v) is 4.91. The minimum absolute atomic E-state index is 2.05. The molecule has 0 spiro atoms. The molecule has 2 atom stereocenters. The van der Waals surface area contributed by atoms with Crippen molar-refractivity contribution in [2.24, 2.45) is 0 Å². The molecule has 20 nitrogen and oxygen atoms in total. The summed E-state index contributed by atoms with van der Waals surface area (Å²) in [7, 11) is 0. The lowest BCUT2D eigenvalue weighted by atomic mass is 10.1. The second kappa shape index (κ2) is 7.64. The van der Waals surface area contributed by atoms with Crippen LogP contribution in [0.3, 0.4) is 0 Å². The minimum atomic E-state index is -4.49. The number of nitrogens with zero attached hydrogens (tertiary/aromatic N) is 6. The molecule has 0 aliphatic carbocycles. The van der Waals surface area contributed by atoms with Crippen LogP contribution in [-0.2, 0) is 9.68 Å². The van der Waals surface area contributed by atoms with E-state index in [4.69, 9.17) is 23.2 Å². The summed E-state index contributed by atoms with van der Waals surface area (Å²) in [4.78, 5) is 62.7. The Morgan fingerprint density at radius 2 is 0.769 bits per heavy atom. The first kappa shape index (κ1) is 22.6. The SMILES string of the molecule is O=[N+]([O-])OC(C(O[N+](=O)[O-])C(Cl)([N+](=O)[O-])[N+](=O)[O-])C(Cl)([N+](=O)[O-])[N+](=O)[O-]. The molecule has 0 rings (SSSR count). The molecule has 0 radical (unpaired) electrons. The van der Waals surface area contributed by atoms with Crippen molar-refractivity contribution in [3.63, 3.8) is 0 Å². The van der Waals surface area contributed by atoms with Crippen LogP contribution in [0.15, 0.2) is 0 Å². The van der Waals surface area contributed by atoms with Crippen molar-refractivity contribution in [3.05, 3.63) is 60.7 Å². The van der Waals surface area contributed by atoms with Gasteiger partial charge in [-0.2, -0.15) is 0 Å². The third-order valence-electron chi connectivity index (χ3n) is 2.42. The molecule has 0 aromatic heterocycles. The van der Waals surface area contributed by atoms with Crippen molar-refractivity contribution >= 4 is 23.2 Å². The summed E-state index contributed by atoms with van der Waals surface area (Å²) in [5.74, 6) is 0. The zero-order valence-electron chi connectivity index (χ0n) is 11.3. The Morgan fingerprint density at radius 1 is 0.577 bits per heavy atom. The number of nitro groups is 4. The Bertz CT molecular complexity index is 582. The van der Waals surface area contributed by atoms with Gasteiger partial charge in [-0.15, -0.1) is 20.2 Å². The van der Waals surface area contributed by atoms with Gasteiger partial charge in [-0.3, -0.25) is 50.1 Å². The fourth-order valence-corrected chi connectivity index (χ4v) is 1.67. The average molecular weight is 429 g/mol. The molecule has 26 heavy (non-hydrogen) atoms. The van der Waals surface area contributed by atoms with Gasteiger partial charge in [0.25, 0.3) is 10.2 Å². The zero-order chi connectivity index (χ0) is 21.0. The van der Waals surface area contributed by atoms with E-state index < -0.39 is 52.3 Å². The highest BCUT2D eigenvalue weighted by Gasteiger charge is 2.79. The van der Waals surface area contributed by atoms with Gasteiger partial charge in [0.1, 0.15) is 19.7 Å². The van der Waals surface area contributed by atoms with E-state index in [0.29, 0.717) is 0 Å². The van der Waals surface area contributed by atoms with Crippen LogP contribution >= 0.6 is 23.2 Å². The number of halogens is 2. The second-order valence-electron chi connectivity index (χ2n) is 3.80. The van der Waals surface area contributed by atoms with E-state index in [9.17, 15) is 60.7 Å². The number of alkyl halides is 2. The minimum Gasteiger partial charge on any atom is -0.290 e. The molecule has 0 aliphatic heterocycles. The van der Waals surface area contributed by atoms with Crippen LogP contribution in [0.5, 0.6) is 0 Å². The standard InChI is InChI=1S/C4H2Cl2N6O14/c5-3(7(13)14,8(15)16)1(25-11(21)22)2(26-12(23)24)4(6,9(17)18)10(19)20/h1-2H. The summed E-state index contributed by atoms with van der Waals surface area (Å²) in [6.45, 7) is 0. The molecule has 0 bridgehead atoms. The first-order valence-electron chi connectivity index (χ1n) is 5.21. The molecule has 146 valence electrons. The van der Waals surface area contributed by atoms with Crippen LogP contribution in [-0.4, -0.2) is 52.3 Å². The summed E-state index contributed by atoms with van der Waals surface area (Å²) < 4.78 is 0. The first-order valence-corrected chi connectivity index (χ1v) is 5.97. The monoisotopic (exact) mass is 428 g/mol. The van der Waals surface area contributed by atoms with Crippen molar-refractivity contribution in [2.75, 3.05) is 0 Å². The van der Waals surface area contributed by atoms with Gasteiger partial charge in [-0.25, -0.2) is 0 Å². The molecular weight excluding hydrogens is 427 g/mol. The lowest BCUT2D eigenvalue weighted by Crippen LogP contribution is -2.66. The Kier molecular flexibility index (Phi) is 6.64.